The van der Waals surface area contributed by atoms with Crippen LogP contribution in [0.1, 0.15) is 43.0 Å². The number of nitrogens with zero attached hydrogens (tertiary/aromatic N) is 1. The topological polar surface area (TPSA) is 129 Å². The van der Waals surface area contributed by atoms with E-state index in [1.165, 1.54) is 0 Å². The van der Waals surface area contributed by atoms with E-state index in [0.717, 1.165) is 50.8 Å². The van der Waals surface area contributed by atoms with Gasteiger partial charge in [0.25, 0.3) is 0 Å². The van der Waals surface area contributed by atoms with E-state index in [4.69, 9.17) is 19.0 Å². The van der Waals surface area contributed by atoms with E-state index in [2.05, 4.69) is 17.2 Å². The van der Waals surface area contributed by atoms with Crippen LogP contribution >= 0.6 is 0 Å². The molecule has 0 radical (unpaired) electrons. The first-order chi connectivity index (χ1) is 22.0. The van der Waals surface area contributed by atoms with Crippen LogP contribution in [0.3, 0.4) is 0 Å². The van der Waals surface area contributed by atoms with Crippen molar-refractivity contribution >= 4 is 54.9 Å². The predicted molar refractivity (Wildman–Crippen MR) is 176 cm³/mol. The second kappa shape index (κ2) is 13.5. The number of aromatic nitrogens is 1. The Hall–Kier alpha value is -5.16. The molecule has 5 aromatic carbocycles. The van der Waals surface area contributed by atoms with E-state index >= 15 is 0 Å². The van der Waals surface area contributed by atoms with Gasteiger partial charge < -0.3 is 9.47 Å². The van der Waals surface area contributed by atoms with Crippen LogP contribution in [0.4, 0.5) is 0 Å². The SMILES string of the molecule is COS(=O)(=O)O.Cc1cc(C(=O)OCc2ccccc2)cc(C)c1OC(=O)c1c2ccccc2nc2cc(C)c3ccccc3c12. The van der Waals surface area contributed by atoms with Crippen molar-refractivity contribution in [2.24, 2.45) is 0 Å². The summed E-state index contributed by atoms with van der Waals surface area (Å²) < 4.78 is 41.3. The second-order valence-corrected chi connectivity index (χ2v) is 11.8. The molecular formula is C36H31NO8S. The Morgan fingerprint density at radius 1 is 0.717 bits per heavy atom. The van der Waals surface area contributed by atoms with E-state index in [1.807, 2.05) is 92.7 Å². The Kier molecular flexibility index (Phi) is 9.43. The third kappa shape index (κ3) is 7.05. The number of carbonyl (C=O) groups excluding carboxylic acids is 2. The molecule has 0 atom stereocenters. The van der Waals surface area contributed by atoms with Crippen molar-refractivity contribution in [2.45, 2.75) is 27.4 Å². The van der Waals surface area contributed by atoms with Crippen molar-refractivity contribution in [1.29, 1.82) is 0 Å². The molecule has 234 valence electrons. The molecule has 6 aromatic rings. The number of benzene rings is 5. The number of aryl methyl sites for hydroxylation is 3. The molecule has 0 bridgehead atoms. The Labute approximate surface area is 266 Å². The van der Waals surface area contributed by atoms with E-state index in [0.29, 0.717) is 28.0 Å². The maximum atomic E-state index is 14.0. The van der Waals surface area contributed by atoms with Gasteiger partial charge in [-0.15, -0.1) is 0 Å². The largest absolute Gasteiger partial charge is 0.457 e. The molecule has 0 aliphatic rings. The Bertz CT molecular complexity index is 2190. The number of carbonyl (C=O) groups is 2. The van der Waals surface area contributed by atoms with E-state index in [9.17, 15) is 18.0 Å². The molecule has 1 heterocycles. The van der Waals surface area contributed by atoms with Crippen molar-refractivity contribution in [1.82, 2.24) is 4.98 Å². The summed E-state index contributed by atoms with van der Waals surface area (Å²) in [5.74, 6) is -0.473. The van der Waals surface area contributed by atoms with Crippen LogP contribution < -0.4 is 4.74 Å². The zero-order valence-electron chi connectivity index (χ0n) is 25.6. The van der Waals surface area contributed by atoms with Gasteiger partial charge in [-0.05, 0) is 78.1 Å². The molecule has 0 amide bonds. The summed E-state index contributed by atoms with van der Waals surface area (Å²) in [6.07, 6.45) is 0. The Morgan fingerprint density at radius 2 is 1.28 bits per heavy atom. The quantitative estimate of drug-likeness (QED) is 0.0650. The zero-order chi connectivity index (χ0) is 33.0. The van der Waals surface area contributed by atoms with Gasteiger partial charge in [0, 0.05) is 10.8 Å². The van der Waals surface area contributed by atoms with Gasteiger partial charge in [0.2, 0.25) is 0 Å². The van der Waals surface area contributed by atoms with Gasteiger partial charge in [0.05, 0.1) is 29.3 Å². The molecule has 0 spiro atoms. The molecular weight excluding hydrogens is 606 g/mol. The average Bonchev–Trinajstić information content (AvgIpc) is 3.04. The maximum absolute atomic E-state index is 14.0. The van der Waals surface area contributed by atoms with Crippen molar-refractivity contribution in [2.75, 3.05) is 7.11 Å². The average molecular weight is 638 g/mol. The molecule has 0 aliphatic heterocycles. The van der Waals surface area contributed by atoms with Gasteiger partial charge in [-0.25, -0.2) is 14.6 Å². The third-order valence-corrected chi connectivity index (χ3v) is 7.83. The molecule has 0 unspecified atom stereocenters. The van der Waals surface area contributed by atoms with E-state index in [-0.39, 0.29) is 6.61 Å². The summed E-state index contributed by atoms with van der Waals surface area (Å²) >= 11 is 0. The van der Waals surface area contributed by atoms with Crippen molar-refractivity contribution < 1.29 is 36.2 Å². The molecule has 0 saturated heterocycles. The second-order valence-electron chi connectivity index (χ2n) is 10.6. The lowest BCUT2D eigenvalue weighted by Crippen LogP contribution is -2.13. The molecule has 0 fully saturated rings. The Balaban J connectivity index is 0.000000635. The number of ether oxygens (including phenoxy) is 2. The van der Waals surface area contributed by atoms with E-state index in [1.54, 1.807) is 12.1 Å². The highest BCUT2D eigenvalue weighted by Gasteiger charge is 2.23. The molecule has 46 heavy (non-hydrogen) atoms. The van der Waals surface area contributed by atoms with Crippen LogP contribution in [-0.4, -0.2) is 37.0 Å². The van der Waals surface area contributed by atoms with Gasteiger partial charge >= 0.3 is 22.3 Å². The molecule has 9 nitrogen and oxygen atoms in total. The minimum absolute atomic E-state index is 0.185. The number of rotatable bonds is 6. The normalized spacial score (nSPS) is 11.2. The minimum atomic E-state index is -4.16. The maximum Gasteiger partial charge on any atom is 0.397 e. The first kappa shape index (κ1) is 32.2. The lowest BCUT2D eigenvalue weighted by atomic mass is 9.95. The summed E-state index contributed by atoms with van der Waals surface area (Å²) in [5.41, 5.74) is 5.69. The van der Waals surface area contributed by atoms with Crippen molar-refractivity contribution in [3.63, 3.8) is 0 Å². The minimum Gasteiger partial charge on any atom is -0.457 e. The summed E-state index contributed by atoms with van der Waals surface area (Å²) in [4.78, 5) is 31.7. The number of esters is 2. The fraction of sp³-hybridized carbons (Fsp3) is 0.139. The molecule has 1 N–H and O–H groups in total. The highest BCUT2D eigenvalue weighted by Crippen LogP contribution is 2.35. The van der Waals surface area contributed by atoms with Crippen LogP contribution in [0.25, 0.3) is 32.6 Å². The highest BCUT2D eigenvalue weighted by molar-refractivity contribution is 7.80. The van der Waals surface area contributed by atoms with Gasteiger partial charge in [-0.3, -0.25) is 8.74 Å². The fourth-order valence-corrected chi connectivity index (χ4v) is 5.33. The van der Waals surface area contributed by atoms with Crippen molar-refractivity contribution in [3.05, 3.63) is 130 Å². The fourth-order valence-electron chi connectivity index (χ4n) is 5.33. The summed E-state index contributed by atoms with van der Waals surface area (Å²) in [6, 6.07) is 30.6. The summed E-state index contributed by atoms with van der Waals surface area (Å²) in [6.45, 7) is 5.89. The number of pyridine rings is 1. The smallest absolute Gasteiger partial charge is 0.397 e. The van der Waals surface area contributed by atoms with Crippen LogP contribution in [0, 0.1) is 20.8 Å². The van der Waals surface area contributed by atoms with Gasteiger partial charge in [0.15, 0.2) is 0 Å². The first-order valence-corrected chi connectivity index (χ1v) is 15.6. The molecule has 0 aliphatic carbocycles. The Morgan fingerprint density at radius 3 is 1.91 bits per heavy atom. The lowest BCUT2D eigenvalue weighted by Gasteiger charge is -2.16. The van der Waals surface area contributed by atoms with Crippen molar-refractivity contribution in [3.8, 4) is 5.75 Å². The first-order valence-electron chi connectivity index (χ1n) is 14.2. The van der Waals surface area contributed by atoms with Crippen LogP contribution in [0.15, 0.2) is 97.1 Å². The lowest BCUT2D eigenvalue weighted by molar-refractivity contribution is 0.0472. The monoisotopic (exact) mass is 637 g/mol. The van der Waals surface area contributed by atoms with Gasteiger partial charge in [0.1, 0.15) is 12.4 Å². The number of hydrogen-bond donors (Lipinski definition) is 1. The number of fused-ring (bicyclic) bond motifs is 4. The summed E-state index contributed by atoms with van der Waals surface area (Å²) in [5, 5.41) is 3.51. The van der Waals surface area contributed by atoms with Crippen LogP contribution in [0.5, 0.6) is 5.75 Å². The van der Waals surface area contributed by atoms with Gasteiger partial charge in [-0.1, -0.05) is 72.8 Å². The van der Waals surface area contributed by atoms with Crippen LogP contribution in [-0.2, 0) is 25.9 Å². The van der Waals surface area contributed by atoms with Crippen LogP contribution in [0.2, 0.25) is 0 Å². The molecule has 10 heteroatoms. The molecule has 6 rings (SSSR count). The standard InChI is InChI=1S/C35H27NO4.CH4O4S/c1-21-19-30-31(27-14-8-7-13-26(21)27)32(28-15-9-10-16-29(28)36-30)35(38)40-33-22(2)17-25(18-23(33)3)34(37)39-20-24-11-5-4-6-12-24;1-5-6(2,3)4/h4-19H,20H2,1-3H3;1H3,(H,2,3,4). The molecule has 0 saturated carbocycles. The summed E-state index contributed by atoms with van der Waals surface area (Å²) in [7, 11) is -3.29. The predicted octanol–water partition coefficient (Wildman–Crippen LogP) is 7.48. The highest BCUT2D eigenvalue weighted by atomic mass is 32.3. The molecule has 1 aromatic heterocycles. The zero-order valence-corrected chi connectivity index (χ0v) is 26.4. The van der Waals surface area contributed by atoms with E-state index < -0.39 is 22.3 Å². The number of para-hydroxylation sites is 1. The number of hydrogen-bond acceptors (Lipinski definition) is 8. The van der Waals surface area contributed by atoms with Gasteiger partial charge in [-0.2, -0.15) is 8.42 Å². The third-order valence-electron chi connectivity index (χ3n) is 7.41.